The first-order valence-electron chi connectivity index (χ1n) is 8.22. The Morgan fingerprint density at radius 2 is 2.12 bits per heavy atom. The number of methoxy groups -OCH3 is 1. The third-order valence-electron chi connectivity index (χ3n) is 4.33. The lowest BCUT2D eigenvalue weighted by atomic mass is 9.98. The molecule has 2 aromatic rings. The van der Waals surface area contributed by atoms with E-state index in [-0.39, 0.29) is 5.91 Å². The number of likely N-dealkylation sites (tertiary alicyclic amines) is 1. The second-order valence-electron chi connectivity index (χ2n) is 5.86. The highest BCUT2D eigenvalue weighted by Gasteiger charge is 2.26. The number of carbonyl (C=O) groups excluding carboxylic acids is 1. The van der Waals surface area contributed by atoms with E-state index in [0.29, 0.717) is 12.3 Å². The molecule has 0 aliphatic carbocycles. The van der Waals surface area contributed by atoms with Crippen LogP contribution in [0.2, 0.25) is 0 Å². The van der Waals surface area contributed by atoms with Crippen LogP contribution in [0.5, 0.6) is 5.75 Å². The lowest BCUT2D eigenvalue weighted by molar-refractivity contribution is -0.129. The minimum absolute atomic E-state index is 0.245. The fourth-order valence-corrected chi connectivity index (χ4v) is 3.76. The molecule has 1 atom stereocenters. The summed E-state index contributed by atoms with van der Waals surface area (Å²) in [6.07, 6.45) is 3.38. The molecule has 2 heterocycles. The van der Waals surface area contributed by atoms with Gasteiger partial charge in [0.2, 0.25) is 5.91 Å². The standard InChI is InChI=1S/C19H22N2O2S/c1-23-17-7-5-15(6-8-17)16-9-12-21(14-16)19(22)10-13-24-18-4-2-3-11-20-18/h2-8,11,16H,9-10,12-14H2,1H3/t16-/m0/s1. The summed E-state index contributed by atoms with van der Waals surface area (Å²) in [5, 5.41) is 0.975. The summed E-state index contributed by atoms with van der Waals surface area (Å²) in [5.74, 6) is 2.33. The number of carbonyl (C=O) groups is 1. The van der Waals surface area contributed by atoms with E-state index in [4.69, 9.17) is 4.74 Å². The van der Waals surface area contributed by atoms with E-state index < -0.39 is 0 Å². The number of hydrogen-bond donors (Lipinski definition) is 0. The average Bonchev–Trinajstić information content (AvgIpc) is 3.13. The van der Waals surface area contributed by atoms with E-state index in [0.717, 1.165) is 36.0 Å². The van der Waals surface area contributed by atoms with Crippen molar-refractivity contribution in [3.05, 3.63) is 54.2 Å². The molecule has 1 aliphatic heterocycles. The SMILES string of the molecule is COc1ccc([C@H]2CCN(C(=O)CCSc3ccccn3)C2)cc1. The Morgan fingerprint density at radius 3 is 2.83 bits per heavy atom. The average molecular weight is 342 g/mol. The molecule has 0 spiro atoms. The molecule has 0 N–H and O–H groups in total. The number of benzene rings is 1. The number of amides is 1. The molecule has 1 aliphatic rings. The van der Waals surface area contributed by atoms with E-state index in [1.807, 2.05) is 35.2 Å². The Kier molecular flexibility index (Phi) is 5.75. The summed E-state index contributed by atoms with van der Waals surface area (Å²) < 4.78 is 5.20. The van der Waals surface area contributed by atoms with Gasteiger partial charge in [0.05, 0.1) is 12.1 Å². The minimum Gasteiger partial charge on any atom is -0.497 e. The van der Waals surface area contributed by atoms with Gasteiger partial charge in [-0.25, -0.2) is 4.98 Å². The normalized spacial score (nSPS) is 17.0. The zero-order valence-corrected chi connectivity index (χ0v) is 14.7. The quantitative estimate of drug-likeness (QED) is 0.753. The largest absolute Gasteiger partial charge is 0.497 e. The van der Waals surface area contributed by atoms with Crippen LogP contribution in [-0.4, -0.2) is 41.7 Å². The van der Waals surface area contributed by atoms with Crippen molar-refractivity contribution in [2.75, 3.05) is 26.0 Å². The van der Waals surface area contributed by atoms with Crippen LogP contribution in [0.1, 0.15) is 24.3 Å². The van der Waals surface area contributed by atoms with Gasteiger partial charge in [-0.2, -0.15) is 0 Å². The first kappa shape index (κ1) is 16.8. The molecule has 1 aromatic carbocycles. The van der Waals surface area contributed by atoms with Gasteiger partial charge in [0.25, 0.3) is 0 Å². The number of aromatic nitrogens is 1. The van der Waals surface area contributed by atoms with Crippen LogP contribution in [-0.2, 0) is 4.79 Å². The van der Waals surface area contributed by atoms with Crippen molar-refractivity contribution in [1.82, 2.24) is 9.88 Å². The Labute approximate surface area is 147 Å². The molecule has 1 amide bonds. The maximum absolute atomic E-state index is 12.4. The van der Waals surface area contributed by atoms with Crippen LogP contribution in [0.3, 0.4) is 0 Å². The zero-order valence-electron chi connectivity index (χ0n) is 13.9. The third-order valence-corrected chi connectivity index (χ3v) is 5.28. The fourth-order valence-electron chi connectivity index (χ4n) is 2.97. The van der Waals surface area contributed by atoms with Crippen molar-refractivity contribution in [3.8, 4) is 5.75 Å². The second kappa shape index (κ2) is 8.20. The lowest BCUT2D eigenvalue weighted by Crippen LogP contribution is -2.28. The van der Waals surface area contributed by atoms with Crippen molar-refractivity contribution in [1.29, 1.82) is 0 Å². The molecule has 1 aromatic heterocycles. The molecule has 24 heavy (non-hydrogen) atoms. The smallest absolute Gasteiger partial charge is 0.223 e. The summed E-state index contributed by atoms with van der Waals surface area (Å²) in [7, 11) is 1.67. The Balaban J connectivity index is 1.46. The van der Waals surface area contributed by atoms with Gasteiger partial charge >= 0.3 is 0 Å². The molecular weight excluding hydrogens is 320 g/mol. The van der Waals surface area contributed by atoms with Gasteiger partial charge in [0.1, 0.15) is 5.75 Å². The number of thioether (sulfide) groups is 1. The van der Waals surface area contributed by atoms with E-state index in [9.17, 15) is 4.79 Å². The molecule has 1 fully saturated rings. The maximum atomic E-state index is 12.4. The zero-order chi connectivity index (χ0) is 16.8. The number of nitrogens with zero attached hydrogens (tertiary/aromatic N) is 2. The van der Waals surface area contributed by atoms with Crippen LogP contribution < -0.4 is 4.74 Å². The van der Waals surface area contributed by atoms with Crippen molar-refractivity contribution in [2.24, 2.45) is 0 Å². The fraction of sp³-hybridized carbons (Fsp3) is 0.368. The summed E-state index contributed by atoms with van der Waals surface area (Å²) in [6, 6.07) is 14.0. The van der Waals surface area contributed by atoms with E-state index in [1.165, 1.54) is 5.56 Å². The predicted molar refractivity (Wildman–Crippen MR) is 96.5 cm³/mol. The highest BCUT2D eigenvalue weighted by atomic mass is 32.2. The van der Waals surface area contributed by atoms with Gasteiger partial charge in [0.15, 0.2) is 0 Å². The van der Waals surface area contributed by atoms with Crippen LogP contribution >= 0.6 is 11.8 Å². The lowest BCUT2D eigenvalue weighted by Gasteiger charge is -2.16. The van der Waals surface area contributed by atoms with Crippen LogP contribution in [0.15, 0.2) is 53.7 Å². The monoisotopic (exact) mass is 342 g/mol. The van der Waals surface area contributed by atoms with Gasteiger partial charge < -0.3 is 9.64 Å². The van der Waals surface area contributed by atoms with Gasteiger partial charge in [-0.3, -0.25) is 4.79 Å². The van der Waals surface area contributed by atoms with Crippen molar-refractivity contribution < 1.29 is 9.53 Å². The maximum Gasteiger partial charge on any atom is 0.223 e. The molecule has 5 heteroatoms. The molecule has 0 radical (unpaired) electrons. The van der Waals surface area contributed by atoms with Crippen LogP contribution in [0.25, 0.3) is 0 Å². The van der Waals surface area contributed by atoms with Crippen LogP contribution in [0, 0.1) is 0 Å². The molecule has 0 bridgehead atoms. The number of ether oxygens (including phenoxy) is 1. The summed E-state index contributed by atoms with van der Waals surface area (Å²) in [4.78, 5) is 18.6. The highest BCUT2D eigenvalue weighted by Crippen LogP contribution is 2.29. The Bertz CT molecular complexity index is 661. The van der Waals surface area contributed by atoms with Crippen molar-refractivity contribution in [3.63, 3.8) is 0 Å². The van der Waals surface area contributed by atoms with E-state index in [1.54, 1.807) is 25.1 Å². The van der Waals surface area contributed by atoms with Crippen molar-refractivity contribution in [2.45, 2.75) is 23.8 Å². The first-order chi connectivity index (χ1) is 11.8. The minimum atomic E-state index is 0.245. The molecule has 3 rings (SSSR count). The summed E-state index contributed by atoms with van der Waals surface area (Å²) in [6.45, 7) is 1.67. The summed E-state index contributed by atoms with van der Waals surface area (Å²) in [5.41, 5.74) is 1.29. The van der Waals surface area contributed by atoms with E-state index in [2.05, 4.69) is 17.1 Å². The number of rotatable bonds is 6. The molecule has 0 unspecified atom stereocenters. The highest BCUT2D eigenvalue weighted by molar-refractivity contribution is 7.99. The second-order valence-corrected chi connectivity index (χ2v) is 6.98. The molecular formula is C19H22N2O2S. The van der Waals surface area contributed by atoms with Gasteiger partial charge in [-0.1, -0.05) is 18.2 Å². The Hall–Kier alpha value is -2.01. The molecule has 0 saturated carbocycles. The topological polar surface area (TPSA) is 42.4 Å². The van der Waals surface area contributed by atoms with Gasteiger partial charge in [-0.15, -0.1) is 11.8 Å². The number of pyridine rings is 1. The summed E-state index contributed by atoms with van der Waals surface area (Å²) >= 11 is 1.64. The van der Waals surface area contributed by atoms with Crippen LogP contribution in [0.4, 0.5) is 0 Å². The number of hydrogen-bond acceptors (Lipinski definition) is 4. The Morgan fingerprint density at radius 1 is 1.29 bits per heavy atom. The molecule has 1 saturated heterocycles. The van der Waals surface area contributed by atoms with Gasteiger partial charge in [0, 0.05) is 37.4 Å². The van der Waals surface area contributed by atoms with Gasteiger partial charge in [-0.05, 0) is 36.2 Å². The first-order valence-corrected chi connectivity index (χ1v) is 9.20. The van der Waals surface area contributed by atoms with E-state index >= 15 is 0 Å². The predicted octanol–water partition coefficient (Wildman–Crippen LogP) is 3.59. The molecule has 126 valence electrons. The van der Waals surface area contributed by atoms with Crippen molar-refractivity contribution >= 4 is 17.7 Å². The molecule has 4 nitrogen and oxygen atoms in total. The third kappa shape index (κ3) is 4.29.